The molecule has 0 aliphatic heterocycles. The van der Waals surface area contributed by atoms with Gasteiger partial charge in [-0.05, 0) is 36.4 Å². The van der Waals surface area contributed by atoms with Crippen LogP contribution in [0.4, 0.5) is 0 Å². The van der Waals surface area contributed by atoms with E-state index < -0.39 is 0 Å². The van der Waals surface area contributed by atoms with Crippen LogP contribution in [0.2, 0.25) is 0 Å². The maximum Gasteiger partial charge on any atom is 0.273 e. The highest BCUT2D eigenvalue weighted by molar-refractivity contribution is 7.21. The van der Waals surface area contributed by atoms with E-state index in [1.165, 1.54) is 0 Å². The summed E-state index contributed by atoms with van der Waals surface area (Å²) in [6, 6.07) is 16.8. The SMILES string of the molecule is O=C(NCc1ccc(-c2nc3ccccc3s2)o1)c1cc(-c2ccncc2)on1. The van der Waals surface area contributed by atoms with Crippen LogP contribution in [0.15, 0.2) is 75.9 Å². The quantitative estimate of drug-likeness (QED) is 0.464. The number of hydrogen-bond donors (Lipinski definition) is 1. The fraction of sp³-hybridized carbons (Fsp3) is 0.0476. The van der Waals surface area contributed by atoms with Crippen molar-refractivity contribution >= 4 is 27.5 Å². The highest BCUT2D eigenvalue weighted by atomic mass is 32.1. The van der Waals surface area contributed by atoms with Crippen LogP contribution in [0.25, 0.3) is 32.3 Å². The van der Waals surface area contributed by atoms with Crippen molar-refractivity contribution in [1.82, 2.24) is 20.4 Å². The maximum atomic E-state index is 12.4. The number of benzene rings is 1. The second kappa shape index (κ2) is 7.33. The Kier molecular flexibility index (Phi) is 4.38. The predicted molar refractivity (Wildman–Crippen MR) is 108 cm³/mol. The Balaban J connectivity index is 1.26. The third kappa shape index (κ3) is 3.53. The molecule has 0 fully saturated rings. The van der Waals surface area contributed by atoms with Gasteiger partial charge in [0.2, 0.25) is 0 Å². The third-order valence-corrected chi connectivity index (χ3v) is 5.35. The smallest absolute Gasteiger partial charge is 0.273 e. The lowest BCUT2D eigenvalue weighted by Crippen LogP contribution is -2.22. The van der Waals surface area contributed by atoms with Crippen molar-refractivity contribution in [3.63, 3.8) is 0 Å². The molecule has 4 aromatic heterocycles. The lowest BCUT2D eigenvalue weighted by Gasteiger charge is -1.99. The van der Waals surface area contributed by atoms with Crippen LogP contribution < -0.4 is 5.32 Å². The van der Waals surface area contributed by atoms with Crippen LogP contribution in [0, 0.1) is 0 Å². The average molecular weight is 402 g/mol. The van der Waals surface area contributed by atoms with Crippen LogP contribution in [-0.2, 0) is 6.54 Å². The molecule has 0 unspecified atom stereocenters. The normalized spacial score (nSPS) is 11.0. The summed E-state index contributed by atoms with van der Waals surface area (Å²) in [5.74, 6) is 1.47. The van der Waals surface area contributed by atoms with Crippen LogP contribution in [0.5, 0.6) is 0 Å². The van der Waals surface area contributed by atoms with Gasteiger partial charge in [-0.25, -0.2) is 4.98 Å². The maximum absolute atomic E-state index is 12.4. The van der Waals surface area contributed by atoms with Gasteiger partial charge in [0.1, 0.15) is 5.76 Å². The Morgan fingerprint density at radius 3 is 2.76 bits per heavy atom. The summed E-state index contributed by atoms with van der Waals surface area (Å²) in [5, 5.41) is 7.43. The number of aromatic nitrogens is 3. The summed E-state index contributed by atoms with van der Waals surface area (Å²) in [5.41, 5.74) is 1.95. The van der Waals surface area contributed by atoms with Gasteiger partial charge in [0.25, 0.3) is 5.91 Å². The Hall–Kier alpha value is -3.78. The molecule has 4 heterocycles. The molecule has 1 aromatic carbocycles. The number of carbonyl (C=O) groups excluding carboxylic acids is 1. The average Bonchev–Trinajstić information content (AvgIpc) is 3.51. The number of carbonyl (C=O) groups is 1. The monoisotopic (exact) mass is 402 g/mol. The zero-order valence-electron chi connectivity index (χ0n) is 15.0. The number of furan rings is 1. The molecule has 1 N–H and O–H groups in total. The highest BCUT2D eigenvalue weighted by Crippen LogP contribution is 2.31. The van der Waals surface area contributed by atoms with Crippen molar-refractivity contribution in [2.45, 2.75) is 6.54 Å². The van der Waals surface area contributed by atoms with E-state index in [4.69, 9.17) is 8.94 Å². The molecule has 1 amide bonds. The van der Waals surface area contributed by atoms with Gasteiger partial charge in [-0.1, -0.05) is 17.3 Å². The highest BCUT2D eigenvalue weighted by Gasteiger charge is 2.15. The lowest BCUT2D eigenvalue weighted by atomic mass is 10.2. The van der Waals surface area contributed by atoms with E-state index in [2.05, 4.69) is 20.4 Å². The van der Waals surface area contributed by atoms with Crippen LogP contribution >= 0.6 is 11.3 Å². The van der Waals surface area contributed by atoms with Gasteiger partial charge in [-0.15, -0.1) is 11.3 Å². The molecule has 0 radical (unpaired) electrons. The van der Waals surface area contributed by atoms with Crippen LogP contribution in [-0.4, -0.2) is 21.0 Å². The fourth-order valence-corrected chi connectivity index (χ4v) is 3.79. The third-order valence-electron chi connectivity index (χ3n) is 4.30. The van der Waals surface area contributed by atoms with E-state index in [9.17, 15) is 4.79 Å². The van der Waals surface area contributed by atoms with Crippen molar-refractivity contribution < 1.29 is 13.7 Å². The van der Waals surface area contributed by atoms with Gasteiger partial charge in [0.15, 0.2) is 22.2 Å². The van der Waals surface area contributed by atoms with Gasteiger partial charge >= 0.3 is 0 Å². The first-order valence-corrected chi connectivity index (χ1v) is 9.68. The van der Waals surface area contributed by atoms with Crippen molar-refractivity contribution in [3.8, 4) is 22.1 Å². The lowest BCUT2D eigenvalue weighted by molar-refractivity contribution is 0.0939. The van der Waals surface area contributed by atoms with Crippen molar-refractivity contribution in [3.05, 3.63) is 78.4 Å². The molecule has 0 bridgehead atoms. The number of fused-ring (bicyclic) bond motifs is 1. The minimum Gasteiger partial charge on any atom is -0.457 e. The zero-order valence-corrected chi connectivity index (χ0v) is 15.8. The second-order valence-corrected chi connectivity index (χ2v) is 7.28. The second-order valence-electron chi connectivity index (χ2n) is 6.25. The minimum atomic E-state index is -0.341. The molecular weight excluding hydrogens is 388 g/mol. The standard InChI is InChI=1S/C21H14N4O3S/c26-20(16-11-18(28-25-16)13-7-9-22-10-8-13)23-12-14-5-6-17(27-14)21-24-15-3-1-2-4-19(15)29-21/h1-11H,12H2,(H,23,26). The number of amides is 1. The summed E-state index contributed by atoms with van der Waals surface area (Å²) >= 11 is 1.57. The van der Waals surface area contributed by atoms with E-state index in [1.807, 2.05) is 36.4 Å². The molecule has 5 rings (SSSR count). The Bertz CT molecular complexity index is 1260. The minimum absolute atomic E-state index is 0.203. The van der Waals surface area contributed by atoms with E-state index in [0.717, 1.165) is 20.8 Å². The molecule has 0 aliphatic rings. The molecule has 0 atom stereocenters. The molecule has 0 aliphatic carbocycles. The number of hydrogen-bond acceptors (Lipinski definition) is 7. The van der Waals surface area contributed by atoms with Crippen molar-refractivity contribution in [2.75, 3.05) is 0 Å². The Morgan fingerprint density at radius 2 is 1.90 bits per heavy atom. The Labute approximate surface area is 169 Å². The summed E-state index contributed by atoms with van der Waals surface area (Å²) in [6.07, 6.45) is 3.30. The van der Waals surface area contributed by atoms with Crippen LogP contribution in [0.1, 0.15) is 16.2 Å². The molecule has 5 aromatic rings. The van der Waals surface area contributed by atoms with Gasteiger partial charge < -0.3 is 14.3 Å². The van der Waals surface area contributed by atoms with E-state index in [1.54, 1.807) is 41.9 Å². The van der Waals surface area contributed by atoms with Crippen molar-refractivity contribution in [1.29, 1.82) is 0 Å². The summed E-state index contributed by atoms with van der Waals surface area (Å²) in [6.45, 7) is 0.237. The molecule has 0 spiro atoms. The topological polar surface area (TPSA) is 94.1 Å². The summed E-state index contributed by atoms with van der Waals surface area (Å²) in [7, 11) is 0. The first kappa shape index (κ1) is 17.3. The zero-order chi connectivity index (χ0) is 19.6. The first-order chi connectivity index (χ1) is 14.3. The van der Waals surface area contributed by atoms with Gasteiger partial charge in [-0.3, -0.25) is 9.78 Å². The van der Waals surface area contributed by atoms with E-state index in [0.29, 0.717) is 17.3 Å². The molecule has 7 nitrogen and oxygen atoms in total. The number of para-hydroxylation sites is 1. The molecule has 142 valence electrons. The number of nitrogens with zero attached hydrogens (tertiary/aromatic N) is 3. The molecule has 8 heteroatoms. The number of pyridine rings is 1. The fourth-order valence-electron chi connectivity index (χ4n) is 2.86. The van der Waals surface area contributed by atoms with Crippen molar-refractivity contribution in [2.24, 2.45) is 0 Å². The molecular formula is C21H14N4O3S. The van der Waals surface area contributed by atoms with E-state index >= 15 is 0 Å². The van der Waals surface area contributed by atoms with E-state index in [-0.39, 0.29) is 18.1 Å². The number of rotatable bonds is 5. The molecule has 0 saturated carbocycles. The first-order valence-electron chi connectivity index (χ1n) is 8.86. The van der Waals surface area contributed by atoms with Crippen LogP contribution in [0.3, 0.4) is 0 Å². The predicted octanol–water partition coefficient (Wildman–Crippen LogP) is 4.54. The Morgan fingerprint density at radius 1 is 1.03 bits per heavy atom. The van der Waals surface area contributed by atoms with Gasteiger partial charge in [-0.2, -0.15) is 0 Å². The summed E-state index contributed by atoms with van der Waals surface area (Å²) in [4.78, 5) is 20.9. The van der Waals surface area contributed by atoms with Gasteiger partial charge in [0, 0.05) is 24.0 Å². The molecule has 29 heavy (non-hydrogen) atoms. The number of nitrogens with one attached hydrogen (secondary N) is 1. The largest absolute Gasteiger partial charge is 0.457 e. The summed E-state index contributed by atoms with van der Waals surface area (Å²) < 4.78 is 12.2. The number of thiazole rings is 1. The molecule has 0 saturated heterocycles. The van der Waals surface area contributed by atoms with Gasteiger partial charge in [0.05, 0.1) is 16.8 Å².